The third-order valence-corrected chi connectivity index (χ3v) is 4.53. The molecule has 2 aliphatic carbocycles. The summed E-state index contributed by atoms with van der Waals surface area (Å²) in [5.41, 5.74) is 0. The molecule has 0 heterocycles. The van der Waals surface area contributed by atoms with Crippen LogP contribution < -0.4 is 0 Å². The largest absolute Gasteiger partial charge is 0.197 e. The van der Waals surface area contributed by atoms with Gasteiger partial charge < -0.3 is 0 Å². The SMILES string of the molecule is CSC(C#N)C1CC2CCC1C2. The van der Waals surface area contributed by atoms with Gasteiger partial charge in [0.15, 0.2) is 0 Å². The van der Waals surface area contributed by atoms with Crippen LogP contribution in [0.2, 0.25) is 0 Å². The van der Waals surface area contributed by atoms with Crippen molar-refractivity contribution in [2.75, 3.05) is 6.26 Å². The summed E-state index contributed by atoms with van der Waals surface area (Å²) in [6, 6.07) is 2.44. The highest BCUT2D eigenvalue weighted by atomic mass is 32.2. The second-order valence-electron chi connectivity index (χ2n) is 4.12. The van der Waals surface area contributed by atoms with Crippen molar-refractivity contribution < 1.29 is 0 Å². The Kier molecular flexibility index (Phi) is 2.32. The first kappa shape index (κ1) is 8.44. The van der Waals surface area contributed by atoms with Crippen molar-refractivity contribution in [3.8, 4) is 6.07 Å². The molecule has 66 valence electrons. The molecule has 2 saturated carbocycles. The standard InChI is InChI=1S/C10H15NS/c1-12-10(6-11)9-5-7-2-3-8(9)4-7/h7-10H,2-5H2,1H3. The molecule has 4 atom stereocenters. The lowest BCUT2D eigenvalue weighted by Gasteiger charge is -2.24. The molecule has 0 aromatic heterocycles. The van der Waals surface area contributed by atoms with E-state index in [1.165, 1.54) is 25.7 Å². The van der Waals surface area contributed by atoms with Crippen LogP contribution in [0, 0.1) is 29.1 Å². The second-order valence-corrected chi connectivity index (χ2v) is 5.10. The van der Waals surface area contributed by atoms with E-state index in [2.05, 4.69) is 12.3 Å². The summed E-state index contributed by atoms with van der Waals surface area (Å²) in [4.78, 5) is 0. The summed E-state index contributed by atoms with van der Waals surface area (Å²) in [6.07, 6.45) is 7.66. The minimum Gasteiger partial charge on any atom is -0.197 e. The summed E-state index contributed by atoms with van der Waals surface area (Å²) in [5.74, 6) is 2.60. The molecule has 0 spiro atoms. The number of hydrogen-bond donors (Lipinski definition) is 0. The van der Waals surface area contributed by atoms with E-state index in [0.717, 1.165) is 17.8 Å². The number of hydrogen-bond acceptors (Lipinski definition) is 2. The molecule has 0 saturated heterocycles. The number of nitriles is 1. The molecule has 4 unspecified atom stereocenters. The topological polar surface area (TPSA) is 23.8 Å². The Bertz CT molecular complexity index is 208. The molecule has 2 rings (SSSR count). The summed E-state index contributed by atoms with van der Waals surface area (Å²) in [6.45, 7) is 0. The van der Waals surface area contributed by atoms with E-state index in [0.29, 0.717) is 0 Å². The van der Waals surface area contributed by atoms with Gasteiger partial charge in [0, 0.05) is 0 Å². The maximum absolute atomic E-state index is 8.94. The molecule has 0 radical (unpaired) electrons. The van der Waals surface area contributed by atoms with Gasteiger partial charge in [-0.15, -0.1) is 11.8 Å². The highest BCUT2D eigenvalue weighted by Gasteiger charge is 2.42. The predicted molar refractivity (Wildman–Crippen MR) is 51.9 cm³/mol. The van der Waals surface area contributed by atoms with E-state index in [1.54, 1.807) is 11.8 Å². The van der Waals surface area contributed by atoms with Crippen molar-refractivity contribution in [3.05, 3.63) is 0 Å². The normalized spacial score (nSPS) is 41.2. The van der Waals surface area contributed by atoms with Gasteiger partial charge in [-0.2, -0.15) is 5.26 Å². The molecular weight excluding hydrogens is 166 g/mol. The molecule has 0 aromatic carbocycles. The zero-order valence-corrected chi connectivity index (χ0v) is 8.31. The highest BCUT2D eigenvalue weighted by Crippen LogP contribution is 2.51. The fourth-order valence-corrected chi connectivity index (χ4v) is 3.78. The molecule has 0 aromatic rings. The third-order valence-electron chi connectivity index (χ3n) is 3.56. The zero-order valence-electron chi connectivity index (χ0n) is 7.49. The smallest absolute Gasteiger partial charge is 0.0944 e. The van der Waals surface area contributed by atoms with Crippen LogP contribution in [-0.4, -0.2) is 11.5 Å². The summed E-state index contributed by atoms with van der Waals surface area (Å²) in [5, 5.41) is 9.22. The summed E-state index contributed by atoms with van der Waals surface area (Å²) >= 11 is 1.75. The van der Waals surface area contributed by atoms with Crippen LogP contribution >= 0.6 is 11.8 Å². The van der Waals surface area contributed by atoms with Gasteiger partial charge in [0.1, 0.15) is 0 Å². The van der Waals surface area contributed by atoms with Crippen LogP contribution in [0.4, 0.5) is 0 Å². The Hall–Kier alpha value is -0.160. The van der Waals surface area contributed by atoms with Crippen LogP contribution in [0.1, 0.15) is 25.7 Å². The minimum absolute atomic E-state index is 0.278. The van der Waals surface area contributed by atoms with Crippen LogP contribution in [0.5, 0.6) is 0 Å². The average molecular weight is 181 g/mol. The van der Waals surface area contributed by atoms with Crippen molar-refractivity contribution in [2.45, 2.75) is 30.9 Å². The van der Waals surface area contributed by atoms with E-state index in [-0.39, 0.29) is 5.25 Å². The quantitative estimate of drug-likeness (QED) is 0.654. The van der Waals surface area contributed by atoms with Gasteiger partial charge >= 0.3 is 0 Å². The third kappa shape index (κ3) is 1.25. The number of nitrogens with zero attached hydrogens (tertiary/aromatic N) is 1. The first-order valence-electron chi connectivity index (χ1n) is 4.77. The zero-order chi connectivity index (χ0) is 8.55. The maximum Gasteiger partial charge on any atom is 0.0944 e. The van der Waals surface area contributed by atoms with E-state index in [1.807, 2.05) is 0 Å². The molecule has 1 nitrogen and oxygen atoms in total. The highest BCUT2D eigenvalue weighted by molar-refractivity contribution is 7.99. The number of rotatable bonds is 2. The van der Waals surface area contributed by atoms with Gasteiger partial charge in [-0.3, -0.25) is 0 Å². The molecule has 12 heavy (non-hydrogen) atoms. The Morgan fingerprint density at radius 2 is 2.25 bits per heavy atom. The summed E-state index contributed by atoms with van der Waals surface area (Å²) in [7, 11) is 0. The maximum atomic E-state index is 8.94. The van der Waals surface area contributed by atoms with E-state index < -0.39 is 0 Å². The monoisotopic (exact) mass is 181 g/mol. The molecule has 2 aliphatic rings. The van der Waals surface area contributed by atoms with Gasteiger partial charge in [0.2, 0.25) is 0 Å². The van der Waals surface area contributed by atoms with Crippen LogP contribution in [0.3, 0.4) is 0 Å². The molecule has 2 bridgehead atoms. The van der Waals surface area contributed by atoms with Crippen LogP contribution in [0.25, 0.3) is 0 Å². The first-order valence-corrected chi connectivity index (χ1v) is 6.06. The van der Waals surface area contributed by atoms with E-state index in [9.17, 15) is 0 Å². The second kappa shape index (κ2) is 3.30. The Morgan fingerprint density at radius 3 is 2.67 bits per heavy atom. The predicted octanol–water partition coefficient (Wildman–Crippen LogP) is 2.68. The van der Waals surface area contributed by atoms with Crippen LogP contribution in [-0.2, 0) is 0 Å². The van der Waals surface area contributed by atoms with Crippen molar-refractivity contribution in [3.63, 3.8) is 0 Å². The lowest BCUT2D eigenvalue weighted by atomic mass is 9.86. The molecule has 2 fully saturated rings. The first-order chi connectivity index (χ1) is 5.85. The van der Waals surface area contributed by atoms with Crippen LogP contribution in [0.15, 0.2) is 0 Å². The fraction of sp³-hybridized carbons (Fsp3) is 0.900. The van der Waals surface area contributed by atoms with Crippen molar-refractivity contribution >= 4 is 11.8 Å². The average Bonchev–Trinajstić information content (AvgIpc) is 2.67. The molecule has 2 heteroatoms. The fourth-order valence-electron chi connectivity index (χ4n) is 2.99. The summed E-state index contributed by atoms with van der Waals surface area (Å²) < 4.78 is 0. The lowest BCUT2D eigenvalue weighted by Crippen LogP contribution is -2.21. The van der Waals surface area contributed by atoms with Gasteiger partial charge in [0.25, 0.3) is 0 Å². The van der Waals surface area contributed by atoms with Gasteiger partial charge in [-0.05, 0) is 43.3 Å². The molecular formula is C10H15NS. The number of fused-ring (bicyclic) bond motifs is 2. The van der Waals surface area contributed by atoms with Gasteiger partial charge in [-0.1, -0.05) is 6.42 Å². The Morgan fingerprint density at radius 1 is 1.42 bits per heavy atom. The number of thioether (sulfide) groups is 1. The lowest BCUT2D eigenvalue weighted by molar-refractivity contribution is 0.345. The molecule has 0 N–H and O–H groups in total. The van der Waals surface area contributed by atoms with Gasteiger partial charge in [-0.25, -0.2) is 0 Å². The van der Waals surface area contributed by atoms with E-state index in [4.69, 9.17) is 5.26 Å². The Labute approximate surface area is 78.5 Å². The van der Waals surface area contributed by atoms with Crippen molar-refractivity contribution in [1.82, 2.24) is 0 Å². The molecule has 0 amide bonds. The molecule has 0 aliphatic heterocycles. The van der Waals surface area contributed by atoms with Crippen molar-refractivity contribution in [1.29, 1.82) is 5.26 Å². The van der Waals surface area contributed by atoms with Crippen molar-refractivity contribution in [2.24, 2.45) is 17.8 Å². The Balaban J connectivity index is 2.02. The van der Waals surface area contributed by atoms with Gasteiger partial charge in [0.05, 0.1) is 11.3 Å². The minimum atomic E-state index is 0.278. The van der Waals surface area contributed by atoms with E-state index >= 15 is 0 Å².